The molecule has 0 saturated heterocycles. The van der Waals surface area contributed by atoms with E-state index < -0.39 is 0 Å². The summed E-state index contributed by atoms with van der Waals surface area (Å²) in [6, 6.07) is 4.61. The molecule has 0 aromatic carbocycles. The Labute approximate surface area is 52.0 Å². The largest absolute Gasteiger partial charge is 0.236 e. The Morgan fingerprint density at radius 2 is 2.56 bits per heavy atom. The first-order valence-electron chi connectivity index (χ1n) is 2.62. The normalized spacial score (nSPS) is 10.2. The first-order valence-corrected chi connectivity index (χ1v) is 2.62. The van der Waals surface area contributed by atoms with Crippen LogP contribution in [-0.2, 0) is 0 Å². The number of rotatable bonds is 0. The van der Waals surface area contributed by atoms with Crippen LogP contribution in [0.2, 0.25) is 0 Å². The Kier molecular flexibility index (Phi) is 0.773. The molecule has 0 atom stereocenters. The van der Waals surface area contributed by atoms with Crippen LogP contribution in [-0.4, -0.2) is 14.6 Å². The molecular formula is C6H4N3. The van der Waals surface area contributed by atoms with Gasteiger partial charge in [0.1, 0.15) is 0 Å². The molecule has 1 radical (unpaired) electrons. The van der Waals surface area contributed by atoms with Crippen molar-refractivity contribution < 1.29 is 0 Å². The summed E-state index contributed by atoms with van der Waals surface area (Å²) in [5.41, 5.74) is 0.831. The molecule has 0 aliphatic heterocycles. The van der Waals surface area contributed by atoms with E-state index in [9.17, 15) is 0 Å². The van der Waals surface area contributed by atoms with E-state index in [1.54, 1.807) is 29.2 Å². The lowest BCUT2D eigenvalue weighted by Gasteiger charge is -1.85. The first-order chi connectivity index (χ1) is 4.47. The van der Waals surface area contributed by atoms with Crippen molar-refractivity contribution in [3.8, 4) is 0 Å². The summed E-state index contributed by atoms with van der Waals surface area (Å²) in [4.78, 5) is 3.99. The Bertz CT molecular complexity index is 282. The van der Waals surface area contributed by atoms with Crippen LogP contribution >= 0.6 is 0 Å². The van der Waals surface area contributed by atoms with Crippen LogP contribution < -0.4 is 0 Å². The van der Waals surface area contributed by atoms with Crippen LogP contribution in [0.1, 0.15) is 0 Å². The van der Waals surface area contributed by atoms with E-state index in [1.165, 1.54) is 0 Å². The Balaban J connectivity index is 2.95. The van der Waals surface area contributed by atoms with Gasteiger partial charge in [0.05, 0.1) is 6.20 Å². The van der Waals surface area contributed by atoms with E-state index in [2.05, 4.69) is 16.1 Å². The molecule has 2 rings (SSSR count). The van der Waals surface area contributed by atoms with Gasteiger partial charge in [0.25, 0.3) is 0 Å². The fourth-order valence-electron chi connectivity index (χ4n) is 0.717. The smallest absolute Gasteiger partial charge is 0.154 e. The standard InChI is InChI=1S/C6H4N3/c1-2-6-7-4-5-9(6)8-3-1/h2-5H. The van der Waals surface area contributed by atoms with Gasteiger partial charge in [0, 0.05) is 18.5 Å². The molecule has 0 spiro atoms. The summed E-state index contributed by atoms with van der Waals surface area (Å²) >= 11 is 0. The number of hydrogen-bond acceptors (Lipinski definition) is 2. The summed E-state index contributed by atoms with van der Waals surface area (Å²) < 4.78 is 1.69. The van der Waals surface area contributed by atoms with Crippen LogP contribution in [0.15, 0.2) is 24.7 Å². The van der Waals surface area contributed by atoms with Crippen molar-refractivity contribution in [3.63, 3.8) is 0 Å². The molecule has 0 fully saturated rings. The number of nitrogens with zero attached hydrogens (tertiary/aromatic N) is 3. The minimum Gasteiger partial charge on any atom is -0.236 e. The van der Waals surface area contributed by atoms with Crippen molar-refractivity contribution in [2.45, 2.75) is 0 Å². The zero-order valence-electron chi connectivity index (χ0n) is 4.65. The molecule has 0 aliphatic carbocycles. The zero-order chi connectivity index (χ0) is 6.10. The molecule has 3 heteroatoms. The molecule has 2 heterocycles. The number of imidazole rings is 1. The molecule has 0 amide bonds. The Morgan fingerprint density at radius 3 is 3.44 bits per heavy atom. The zero-order valence-corrected chi connectivity index (χ0v) is 4.65. The van der Waals surface area contributed by atoms with Gasteiger partial charge in [-0.25, -0.2) is 9.50 Å². The van der Waals surface area contributed by atoms with Crippen molar-refractivity contribution >= 4 is 5.65 Å². The number of aromatic nitrogens is 3. The van der Waals surface area contributed by atoms with Crippen LogP contribution in [0.5, 0.6) is 0 Å². The molecule has 0 unspecified atom stereocenters. The molecule has 0 bridgehead atoms. The average Bonchev–Trinajstić information content (AvgIpc) is 2.33. The quantitative estimate of drug-likeness (QED) is 0.505. The lowest BCUT2D eigenvalue weighted by molar-refractivity contribution is 0.934. The van der Waals surface area contributed by atoms with Crippen molar-refractivity contribution in [1.82, 2.24) is 14.6 Å². The summed E-state index contributed by atoms with van der Waals surface area (Å²) in [7, 11) is 0. The Morgan fingerprint density at radius 1 is 1.56 bits per heavy atom. The molecule has 0 saturated carbocycles. The van der Waals surface area contributed by atoms with Gasteiger partial charge in [0.15, 0.2) is 5.65 Å². The highest BCUT2D eigenvalue weighted by Crippen LogP contribution is 1.92. The summed E-state index contributed by atoms with van der Waals surface area (Å²) in [6.07, 6.45) is 5.11. The van der Waals surface area contributed by atoms with Crippen LogP contribution in [0.4, 0.5) is 0 Å². The maximum Gasteiger partial charge on any atom is 0.154 e. The minimum atomic E-state index is 0.831. The molecule has 3 nitrogen and oxygen atoms in total. The highest BCUT2D eigenvalue weighted by atomic mass is 15.2. The third-order valence-electron chi connectivity index (χ3n) is 1.12. The van der Waals surface area contributed by atoms with Crippen molar-refractivity contribution in [2.24, 2.45) is 0 Å². The summed E-state index contributed by atoms with van der Waals surface area (Å²) in [5, 5.41) is 3.94. The fraction of sp³-hybridized carbons (Fsp3) is 0. The SMILES string of the molecule is [c]1cnn2ccnc2c1. The van der Waals surface area contributed by atoms with Gasteiger partial charge >= 0.3 is 0 Å². The summed E-state index contributed by atoms with van der Waals surface area (Å²) in [6.45, 7) is 0. The van der Waals surface area contributed by atoms with Crippen molar-refractivity contribution in [1.29, 1.82) is 0 Å². The van der Waals surface area contributed by atoms with Gasteiger partial charge in [-0.2, -0.15) is 5.10 Å². The van der Waals surface area contributed by atoms with Crippen LogP contribution in [0.25, 0.3) is 5.65 Å². The maximum absolute atomic E-state index is 3.99. The predicted molar refractivity (Wildman–Crippen MR) is 31.8 cm³/mol. The maximum atomic E-state index is 3.99. The van der Waals surface area contributed by atoms with E-state index >= 15 is 0 Å². The second-order valence-electron chi connectivity index (χ2n) is 1.69. The molecule has 9 heavy (non-hydrogen) atoms. The summed E-state index contributed by atoms with van der Waals surface area (Å²) in [5.74, 6) is 0. The Hall–Kier alpha value is -1.38. The van der Waals surface area contributed by atoms with Gasteiger partial charge < -0.3 is 0 Å². The third kappa shape index (κ3) is 0.579. The highest BCUT2D eigenvalue weighted by Gasteiger charge is 1.87. The third-order valence-corrected chi connectivity index (χ3v) is 1.12. The average molecular weight is 118 g/mol. The lowest BCUT2D eigenvalue weighted by Crippen LogP contribution is -1.85. The van der Waals surface area contributed by atoms with Crippen LogP contribution in [0.3, 0.4) is 0 Å². The van der Waals surface area contributed by atoms with E-state index in [0.717, 1.165) is 5.65 Å². The topological polar surface area (TPSA) is 30.2 Å². The predicted octanol–water partition coefficient (Wildman–Crippen LogP) is 0.529. The van der Waals surface area contributed by atoms with Gasteiger partial charge in [-0.05, 0) is 6.07 Å². The minimum absolute atomic E-state index is 0.831. The second kappa shape index (κ2) is 1.55. The fourth-order valence-corrected chi connectivity index (χ4v) is 0.717. The number of hydrogen-bond donors (Lipinski definition) is 0. The van der Waals surface area contributed by atoms with Gasteiger partial charge in [-0.3, -0.25) is 0 Å². The molecule has 0 N–H and O–H groups in total. The van der Waals surface area contributed by atoms with E-state index in [4.69, 9.17) is 0 Å². The molecule has 43 valence electrons. The van der Waals surface area contributed by atoms with E-state index in [-0.39, 0.29) is 0 Å². The molecular weight excluding hydrogens is 114 g/mol. The van der Waals surface area contributed by atoms with E-state index in [0.29, 0.717) is 0 Å². The number of fused-ring (bicyclic) bond motifs is 1. The van der Waals surface area contributed by atoms with Crippen molar-refractivity contribution in [3.05, 3.63) is 30.7 Å². The van der Waals surface area contributed by atoms with Gasteiger partial charge in [0.2, 0.25) is 0 Å². The van der Waals surface area contributed by atoms with Gasteiger partial charge in [-0.15, -0.1) is 0 Å². The monoisotopic (exact) mass is 118 g/mol. The molecule has 2 aromatic heterocycles. The van der Waals surface area contributed by atoms with Crippen molar-refractivity contribution in [2.75, 3.05) is 0 Å². The first kappa shape index (κ1) is 4.49. The van der Waals surface area contributed by atoms with E-state index in [1.807, 2.05) is 0 Å². The molecule has 0 aliphatic rings. The van der Waals surface area contributed by atoms with Gasteiger partial charge in [-0.1, -0.05) is 0 Å². The molecule has 2 aromatic rings. The second-order valence-corrected chi connectivity index (χ2v) is 1.69. The van der Waals surface area contributed by atoms with Crippen LogP contribution in [0, 0.1) is 6.07 Å². The lowest BCUT2D eigenvalue weighted by atomic mass is 10.6. The highest BCUT2D eigenvalue weighted by molar-refractivity contribution is 5.33.